The second-order valence-corrected chi connectivity index (χ2v) is 3.54. The monoisotopic (exact) mass is 219 g/mol. The molecule has 0 N–H and O–H groups in total. The number of benzene rings is 1. The SMILES string of the molecule is CCc1cc2cc(OC)c(OC)cc2c[o+]1. The number of ether oxygens (including phenoxy) is 2. The lowest BCUT2D eigenvalue weighted by Crippen LogP contribution is -1.91. The Morgan fingerprint density at radius 3 is 2.19 bits per heavy atom. The summed E-state index contributed by atoms with van der Waals surface area (Å²) in [5.41, 5.74) is 0. The normalized spacial score (nSPS) is 10.4. The van der Waals surface area contributed by atoms with Crippen molar-refractivity contribution in [1.82, 2.24) is 0 Å². The molecule has 1 heterocycles. The molecule has 16 heavy (non-hydrogen) atoms. The van der Waals surface area contributed by atoms with Gasteiger partial charge in [0.05, 0.1) is 26.0 Å². The van der Waals surface area contributed by atoms with Gasteiger partial charge in [-0.15, -0.1) is 0 Å². The maximum absolute atomic E-state index is 5.47. The molecule has 2 rings (SSSR count). The Balaban J connectivity index is 2.63. The van der Waals surface area contributed by atoms with Crippen molar-refractivity contribution >= 4 is 10.8 Å². The van der Waals surface area contributed by atoms with E-state index in [0.29, 0.717) is 0 Å². The third-order valence-corrected chi connectivity index (χ3v) is 2.59. The van der Waals surface area contributed by atoms with Crippen molar-refractivity contribution in [2.45, 2.75) is 13.3 Å². The number of fused-ring (bicyclic) bond motifs is 1. The number of methoxy groups -OCH3 is 2. The fourth-order valence-corrected chi connectivity index (χ4v) is 1.67. The highest BCUT2D eigenvalue weighted by Crippen LogP contribution is 2.32. The van der Waals surface area contributed by atoms with Crippen molar-refractivity contribution in [3.63, 3.8) is 0 Å². The zero-order chi connectivity index (χ0) is 11.5. The van der Waals surface area contributed by atoms with Crippen molar-refractivity contribution in [2.24, 2.45) is 0 Å². The molecule has 0 saturated heterocycles. The average Bonchev–Trinajstić information content (AvgIpc) is 2.36. The standard InChI is InChI=1S/C13H15O3/c1-4-11-5-9-6-12(14-2)13(15-3)7-10(9)8-16-11/h5-8H,4H2,1-3H3/q+1. The lowest BCUT2D eigenvalue weighted by atomic mass is 10.1. The van der Waals surface area contributed by atoms with E-state index in [0.717, 1.165) is 34.5 Å². The Kier molecular flexibility index (Phi) is 2.95. The van der Waals surface area contributed by atoms with Crippen LogP contribution in [0.1, 0.15) is 12.7 Å². The molecule has 0 bridgehead atoms. The lowest BCUT2D eigenvalue weighted by molar-refractivity contribution is 0.355. The summed E-state index contributed by atoms with van der Waals surface area (Å²) in [6, 6.07) is 5.90. The molecular formula is C13H15O3+. The van der Waals surface area contributed by atoms with Gasteiger partial charge in [-0.05, 0) is 6.07 Å². The number of hydrogen-bond donors (Lipinski definition) is 0. The molecular weight excluding hydrogens is 204 g/mol. The first-order valence-electron chi connectivity index (χ1n) is 5.25. The lowest BCUT2D eigenvalue weighted by Gasteiger charge is -2.07. The van der Waals surface area contributed by atoms with Gasteiger partial charge in [-0.25, -0.2) is 4.42 Å². The first-order valence-corrected chi connectivity index (χ1v) is 5.25. The molecule has 0 aliphatic rings. The van der Waals surface area contributed by atoms with Gasteiger partial charge in [0.2, 0.25) is 0 Å². The summed E-state index contributed by atoms with van der Waals surface area (Å²) in [6.07, 6.45) is 2.63. The smallest absolute Gasteiger partial charge is 0.329 e. The van der Waals surface area contributed by atoms with Gasteiger partial charge in [0, 0.05) is 17.5 Å². The molecule has 0 radical (unpaired) electrons. The summed E-state index contributed by atoms with van der Waals surface area (Å²) >= 11 is 0. The topological polar surface area (TPSA) is 29.8 Å². The van der Waals surface area contributed by atoms with Gasteiger partial charge in [-0.3, -0.25) is 0 Å². The second kappa shape index (κ2) is 4.39. The van der Waals surface area contributed by atoms with E-state index in [9.17, 15) is 0 Å². The molecule has 0 saturated carbocycles. The molecule has 0 spiro atoms. The van der Waals surface area contributed by atoms with Crippen molar-refractivity contribution < 1.29 is 13.9 Å². The predicted octanol–water partition coefficient (Wildman–Crippen LogP) is 3.29. The molecule has 2 aromatic rings. The highest BCUT2D eigenvalue weighted by atomic mass is 16.5. The van der Waals surface area contributed by atoms with Crippen LogP contribution in [0, 0.1) is 0 Å². The molecule has 0 fully saturated rings. The first-order chi connectivity index (χ1) is 7.78. The Morgan fingerprint density at radius 2 is 1.62 bits per heavy atom. The van der Waals surface area contributed by atoms with Crippen LogP contribution in [-0.2, 0) is 6.42 Å². The van der Waals surface area contributed by atoms with Gasteiger partial charge in [0.1, 0.15) is 0 Å². The third kappa shape index (κ3) is 1.81. The second-order valence-electron chi connectivity index (χ2n) is 3.54. The van der Waals surface area contributed by atoms with Crippen molar-refractivity contribution in [1.29, 1.82) is 0 Å². The van der Waals surface area contributed by atoms with Crippen molar-refractivity contribution in [3.05, 3.63) is 30.2 Å². The maximum atomic E-state index is 5.47. The molecule has 1 aromatic carbocycles. The molecule has 0 aliphatic carbocycles. The van der Waals surface area contributed by atoms with Crippen LogP contribution in [0.15, 0.2) is 28.9 Å². The quantitative estimate of drug-likeness (QED) is 0.742. The third-order valence-electron chi connectivity index (χ3n) is 2.59. The number of rotatable bonds is 3. The van der Waals surface area contributed by atoms with Gasteiger partial charge in [-0.1, -0.05) is 6.92 Å². The van der Waals surface area contributed by atoms with Crippen LogP contribution in [0.25, 0.3) is 10.8 Å². The van der Waals surface area contributed by atoms with E-state index < -0.39 is 0 Å². The molecule has 0 aliphatic heterocycles. The van der Waals surface area contributed by atoms with Gasteiger partial charge in [0.15, 0.2) is 11.5 Å². The van der Waals surface area contributed by atoms with Crippen molar-refractivity contribution in [2.75, 3.05) is 14.2 Å². The molecule has 3 heteroatoms. The molecule has 84 valence electrons. The van der Waals surface area contributed by atoms with Crippen LogP contribution < -0.4 is 9.47 Å². The average molecular weight is 219 g/mol. The summed E-state index contributed by atoms with van der Waals surface area (Å²) in [5, 5.41) is 2.11. The summed E-state index contributed by atoms with van der Waals surface area (Å²) in [7, 11) is 3.26. The predicted molar refractivity (Wildman–Crippen MR) is 63.1 cm³/mol. The Bertz CT molecular complexity index is 506. The summed E-state index contributed by atoms with van der Waals surface area (Å²) < 4.78 is 16.0. The Hall–Kier alpha value is -1.77. The van der Waals surface area contributed by atoms with E-state index in [1.54, 1.807) is 20.5 Å². The van der Waals surface area contributed by atoms with Crippen LogP contribution in [0.4, 0.5) is 0 Å². The van der Waals surface area contributed by atoms with Crippen LogP contribution in [0.2, 0.25) is 0 Å². The van der Waals surface area contributed by atoms with Crippen LogP contribution in [0.3, 0.4) is 0 Å². The highest BCUT2D eigenvalue weighted by Gasteiger charge is 2.11. The zero-order valence-electron chi connectivity index (χ0n) is 9.74. The Morgan fingerprint density at radius 1 is 1.00 bits per heavy atom. The summed E-state index contributed by atoms with van der Waals surface area (Å²) in [5.74, 6) is 2.41. The van der Waals surface area contributed by atoms with Gasteiger partial charge in [-0.2, -0.15) is 0 Å². The Labute approximate surface area is 94.6 Å². The molecule has 0 unspecified atom stereocenters. The fourth-order valence-electron chi connectivity index (χ4n) is 1.67. The molecule has 3 nitrogen and oxygen atoms in total. The minimum atomic E-state index is 0.717. The van der Waals surface area contributed by atoms with E-state index >= 15 is 0 Å². The molecule has 1 aromatic heterocycles. The number of hydrogen-bond acceptors (Lipinski definition) is 2. The largest absolute Gasteiger partial charge is 0.493 e. The van der Waals surface area contributed by atoms with Crippen LogP contribution in [0.5, 0.6) is 11.5 Å². The first kappa shape index (κ1) is 10.7. The fraction of sp³-hybridized carbons (Fsp3) is 0.308. The van der Waals surface area contributed by atoms with Crippen LogP contribution in [-0.4, -0.2) is 14.2 Å². The van der Waals surface area contributed by atoms with E-state index in [4.69, 9.17) is 13.9 Å². The summed E-state index contributed by atoms with van der Waals surface area (Å²) in [4.78, 5) is 0. The van der Waals surface area contributed by atoms with E-state index in [-0.39, 0.29) is 0 Å². The van der Waals surface area contributed by atoms with E-state index in [2.05, 4.69) is 6.92 Å². The van der Waals surface area contributed by atoms with Gasteiger partial charge >= 0.3 is 12.0 Å². The minimum absolute atomic E-state index is 0.717. The van der Waals surface area contributed by atoms with Crippen molar-refractivity contribution in [3.8, 4) is 11.5 Å². The van der Waals surface area contributed by atoms with Crippen LogP contribution >= 0.6 is 0 Å². The summed E-state index contributed by atoms with van der Waals surface area (Å²) in [6.45, 7) is 2.06. The minimum Gasteiger partial charge on any atom is -0.493 e. The van der Waals surface area contributed by atoms with E-state index in [1.165, 1.54) is 0 Å². The zero-order valence-corrected chi connectivity index (χ0v) is 9.74. The molecule has 0 amide bonds. The van der Waals surface area contributed by atoms with Gasteiger partial charge in [0.25, 0.3) is 0 Å². The number of aryl methyl sites for hydroxylation is 1. The van der Waals surface area contributed by atoms with Gasteiger partial charge < -0.3 is 9.47 Å². The highest BCUT2D eigenvalue weighted by molar-refractivity contribution is 5.85. The maximum Gasteiger partial charge on any atom is 0.329 e. The van der Waals surface area contributed by atoms with E-state index in [1.807, 2.05) is 18.2 Å². The molecule has 0 atom stereocenters.